The van der Waals surface area contributed by atoms with E-state index in [0.29, 0.717) is 12.8 Å². The van der Waals surface area contributed by atoms with Crippen LogP contribution in [-0.2, 0) is 19.1 Å². The third-order valence-electron chi connectivity index (χ3n) is 6.65. The van der Waals surface area contributed by atoms with Gasteiger partial charge in [-0.2, -0.15) is 0 Å². The molecule has 9 nitrogen and oxygen atoms in total. The first-order valence-corrected chi connectivity index (χ1v) is 10.8. The third-order valence-corrected chi connectivity index (χ3v) is 6.65. The smallest absolute Gasteiger partial charge is 0.408 e. The first-order chi connectivity index (χ1) is 15.9. The Morgan fingerprint density at radius 1 is 1.03 bits per heavy atom. The van der Waals surface area contributed by atoms with Crippen molar-refractivity contribution in [1.82, 2.24) is 16.0 Å². The Bertz CT molecular complexity index is 1110. The lowest BCUT2D eigenvalue weighted by atomic mass is 9.98. The number of carboxylic acid groups (broad SMARTS) is 1. The number of amides is 3. The number of ether oxygens (including phenoxy) is 1. The van der Waals surface area contributed by atoms with Gasteiger partial charge in [-0.05, 0) is 35.1 Å². The van der Waals surface area contributed by atoms with Crippen molar-refractivity contribution < 1.29 is 29.0 Å². The van der Waals surface area contributed by atoms with Crippen molar-refractivity contribution in [3.05, 3.63) is 59.7 Å². The topological polar surface area (TPSA) is 134 Å². The molecule has 2 fully saturated rings. The normalized spacial score (nSPS) is 22.0. The molecule has 170 valence electrons. The number of alkyl carbamates (subject to hydrolysis) is 1. The zero-order valence-corrected chi connectivity index (χ0v) is 17.7. The average molecular weight is 449 g/mol. The van der Waals surface area contributed by atoms with Gasteiger partial charge in [0.1, 0.15) is 24.1 Å². The second kappa shape index (κ2) is 7.91. The van der Waals surface area contributed by atoms with Crippen LogP contribution in [0.1, 0.15) is 29.9 Å². The lowest BCUT2D eigenvalue weighted by molar-refractivity contribution is -0.143. The van der Waals surface area contributed by atoms with E-state index in [4.69, 9.17) is 4.74 Å². The van der Waals surface area contributed by atoms with Gasteiger partial charge in [0.25, 0.3) is 0 Å². The molecule has 2 aromatic carbocycles. The predicted octanol–water partition coefficient (Wildman–Crippen LogP) is 1.37. The Morgan fingerprint density at radius 3 is 2.21 bits per heavy atom. The molecular weight excluding hydrogens is 426 g/mol. The molecule has 0 spiro atoms. The maximum atomic E-state index is 12.8. The van der Waals surface area contributed by atoms with Crippen molar-refractivity contribution in [2.24, 2.45) is 5.92 Å². The maximum Gasteiger partial charge on any atom is 0.408 e. The number of hydrogen-bond donors (Lipinski definition) is 4. The summed E-state index contributed by atoms with van der Waals surface area (Å²) in [5.41, 5.74) is 3.20. The highest BCUT2D eigenvalue weighted by Gasteiger charge is 2.54. The zero-order valence-electron chi connectivity index (χ0n) is 17.7. The summed E-state index contributed by atoms with van der Waals surface area (Å²) >= 11 is 0. The van der Waals surface area contributed by atoms with Crippen molar-refractivity contribution >= 4 is 23.9 Å². The molecule has 1 saturated carbocycles. The van der Waals surface area contributed by atoms with Crippen LogP contribution in [-0.4, -0.2) is 53.7 Å². The number of hydrogen-bond acceptors (Lipinski definition) is 5. The van der Waals surface area contributed by atoms with E-state index in [-0.39, 0.29) is 19.1 Å². The standard InChI is InChI=1S/C24H23N3O6/c28-20-19(17(11-25-20)21(29)30)26-22(31)24(9-10-24)27-23(32)33-12-18-15-7-3-1-5-13(15)14-6-2-4-8-16(14)18/h1-8,17-19H,9-12H2,(H,25,28)(H,26,31)(H,27,32)(H,29,30). The molecule has 0 radical (unpaired) electrons. The monoisotopic (exact) mass is 449 g/mol. The Hall–Kier alpha value is -3.88. The van der Waals surface area contributed by atoms with Crippen molar-refractivity contribution in [2.45, 2.75) is 30.3 Å². The molecule has 3 amide bonds. The van der Waals surface area contributed by atoms with Crippen LogP contribution < -0.4 is 16.0 Å². The minimum absolute atomic E-state index is 0.0497. The summed E-state index contributed by atoms with van der Waals surface area (Å²) in [7, 11) is 0. The van der Waals surface area contributed by atoms with E-state index in [0.717, 1.165) is 22.3 Å². The number of carbonyl (C=O) groups excluding carboxylic acids is 3. The van der Waals surface area contributed by atoms with Crippen LogP contribution in [0.25, 0.3) is 11.1 Å². The fourth-order valence-electron chi connectivity index (χ4n) is 4.66. The number of benzene rings is 2. The highest BCUT2D eigenvalue weighted by atomic mass is 16.5. The summed E-state index contributed by atoms with van der Waals surface area (Å²) in [6.07, 6.45) is 0.0414. The van der Waals surface area contributed by atoms with Crippen LogP contribution in [0.3, 0.4) is 0 Å². The van der Waals surface area contributed by atoms with E-state index < -0.39 is 41.4 Å². The maximum absolute atomic E-state index is 12.8. The Morgan fingerprint density at radius 2 is 1.64 bits per heavy atom. The number of carbonyl (C=O) groups is 4. The molecule has 0 bridgehead atoms. The fraction of sp³-hybridized carbons (Fsp3) is 0.333. The van der Waals surface area contributed by atoms with Gasteiger partial charge in [0.2, 0.25) is 11.8 Å². The van der Waals surface area contributed by atoms with E-state index in [9.17, 15) is 24.3 Å². The molecule has 1 heterocycles. The van der Waals surface area contributed by atoms with Gasteiger partial charge in [-0.1, -0.05) is 48.5 Å². The lowest BCUT2D eigenvalue weighted by Crippen LogP contribution is -2.55. The van der Waals surface area contributed by atoms with E-state index in [2.05, 4.69) is 16.0 Å². The first-order valence-electron chi connectivity index (χ1n) is 10.8. The van der Waals surface area contributed by atoms with Gasteiger partial charge in [-0.15, -0.1) is 0 Å². The van der Waals surface area contributed by atoms with Crippen molar-refractivity contribution in [3.8, 4) is 11.1 Å². The Kier molecular flexibility index (Phi) is 5.03. The van der Waals surface area contributed by atoms with Gasteiger partial charge in [0.15, 0.2) is 0 Å². The zero-order chi connectivity index (χ0) is 23.2. The minimum Gasteiger partial charge on any atom is -0.481 e. The minimum atomic E-state index is -1.19. The van der Waals surface area contributed by atoms with Crippen LogP contribution in [0, 0.1) is 5.92 Å². The number of nitrogens with one attached hydrogen (secondary N) is 3. The van der Waals surface area contributed by atoms with Crippen molar-refractivity contribution in [3.63, 3.8) is 0 Å². The van der Waals surface area contributed by atoms with Crippen LogP contribution in [0.5, 0.6) is 0 Å². The number of fused-ring (bicyclic) bond motifs is 3. The molecule has 3 aliphatic rings. The molecule has 1 saturated heterocycles. The molecule has 2 unspecified atom stereocenters. The van der Waals surface area contributed by atoms with Gasteiger partial charge < -0.3 is 25.8 Å². The highest BCUT2D eigenvalue weighted by molar-refractivity contribution is 5.99. The summed E-state index contributed by atoms with van der Waals surface area (Å²) in [6, 6.07) is 14.8. The number of aliphatic carboxylic acids is 1. The van der Waals surface area contributed by atoms with E-state index in [1.807, 2.05) is 48.5 Å². The van der Waals surface area contributed by atoms with Gasteiger partial charge >= 0.3 is 12.1 Å². The molecule has 0 aromatic heterocycles. The molecule has 9 heteroatoms. The molecule has 2 atom stereocenters. The van der Waals surface area contributed by atoms with E-state index >= 15 is 0 Å². The lowest BCUT2D eigenvalue weighted by Gasteiger charge is -2.21. The predicted molar refractivity (Wildman–Crippen MR) is 116 cm³/mol. The van der Waals surface area contributed by atoms with E-state index in [1.54, 1.807) is 0 Å². The van der Waals surface area contributed by atoms with Gasteiger partial charge in [-0.25, -0.2) is 4.79 Å². The van der Waals surface area contributed by atoms with Crippen LogP contribution in [0.4, 0.5) is 4.79 Å². The Labute approximate surface area is 189 Å². The highest BCUT2D eigenvalue weighted by Crippen LogP contribution is 2.44. The molecule has 5 rings (SSSR count). The Balaban J connectivity index is 1.22. The third kappa shape index (κ3) is 3.69. The molecule has 2 aliphatic carbocycles. The first kappa shape index (κ1) is 21.0. The van der Waals surface area contributed by atoms with Crippen LogP contribution in [0.2, 0.25) is 0 Å². The van der Waals surface area contributed by atoms with Gasteiger partial charge in [0.05, 0.1) is 0 Å². The fourth-order valence-corrected chi connectivity index (χ4v) is 4.66. The summed E-state index contributed by atoms with van der Waals surface area (Å²) in [4.78, 5) is 48.6. The number of carboxylic acids is 1. The van der Waals surface area contributed by atoms with Crippen LogP contribution in [0.15, 0.2) is 48.5 Å². The molecule has 1 aliphatic heterocycles. The summed E-state index contributed by atoms with van der Waals surface area (Å²) in [6.45, 7) is 0.0651. The average Bonchev–Trinajstić information content (AvgIpc) is 3.39. The molecule has 4 N–H and O–H groups in total. The molecule has 2 aromatic rings. The van der Waals surface area contributed by atoms with E-state index in [1.165, 1.54) is 0 Å². The largest absolute Gasteiger partial charge is 0.481 e. The summed E-state index contributed by atoms with van der Waals surface area (Å²) in [5, 5.41) is 16.8. The second-order valence-corrected chi connectivity index (χ2v) is 8.67. The quantitative estimate of drug-likeness (QED) is 0.526. The van der Waals surface area contributed by atoms with Crippen molar-refractivity contribution in [1.29, 1.82) is 0 Å². The second-order valence-electron chi connectivity index (χ2n) is 8.67. The number of rotatable bonds is 6. The SMILES string of the molecule is O=C(NC1(C(=O)NC2C(=O)NCC2C(=O)O)CC1)OCC1c2ccccc2-c2ccccc21. The van der Waals surface area contributed by atoms with Crippen molar-refractivity contribution in [2.75, 3.05) is 13.2 Å². The summed E-state index contributed by atoms with van der Waals surface area (Å²) in [5.74, 6) is -3.46. The van der Waals surface area contributed by atoms with Gasteiger partial charge in [0, 0.05) is 12.5 Å². The molecular formula is C24H23N3O6. The molecule has 33 heavy (non-hydrogen) atoms. The van der Waals surface area contributed by atoms with Gasteiger partial charge in [-0.3, -0.25) is 14.4 Å². The van der Waals surface area contributed by atoms with Crippen LogP contribution >= 0.6 is 0 Å². The summed E-state index contributed by atoms with van der Waals surface area (Å²) < 4.78 is 5.51.